The first-order chi connectivity index (χ1) is 9.54. The number of rotatable bonds is 4. The highest BCUT2D eigenvalue weighted by atomic mass is 16.3. The van der Waals surface area contributed by atoms with Crippen molar-refractivity contribution in [3.63, 3.8) is 0 Å². The van der Waals surface area contributed by atoms with E-state index >= 15 is 0 Å². The van der Waals surface area contributed by atoms with Crippen LogP contribution in [0.4, 0.5) is 5.69 Å². The maximum atomic E-state index is 12.4. The lowest BCUT2D eigenvalue weighted by molar-refractivity contribution is -0.117. The summed E-state index contributed by atoms with van der Waals surface area (Å²) in [5.41, 5.74) is 2.17. The largest absolute Gasteiger partial charge is 0.395 e. The molecule has 0 radical (unpaired) electrons. The molecule has 1 aliphatic rings. The number of amides is 2. The van der Waals surface area contributed by atoms with Gasteiger partial charge in [-0.15, -0.1) is 0 Å². The summed E-state index contributed by atoms with van der Waals surface area (Å²) < 4.78 is 0. The van der Waals surface area contributed by atoms with Gasteiger partial charge in [0.05, 0.1) is 17.9 Å². The predicted molar refractivity (Wildman–Crippen MR) is 76.8 cm³/mol. The molecule has 0 saturated carbocycles. The molecule has 1 heterocycles. The first-order valence-corrected chi connectivity index (χ1v) is 6.82. The normalized spacial score (nSPS) is 14.8. The minimum absolute atomic E-state index is 0.0627. The molecule has 0 bridgehead atoms. The molecule has 1 saturated heterocycles. The second-order valence-corrected chi connectivity index (χ2v) is 5.12. The molecule has 2 amide bonds. The highest BCUT2D eigenvalue weighted by Crippen LogP contribution is 2.27. The Bertz CT molecular complexity index is 528. The van der Waals surface area contributed by atoms with Crippen molar-refractivity contribution in [2.45, 2.75) is 19.8 Å². The summed E-state index contributed by atoms with van der Waals surface area (Å²) in [6.07, 6.45) is 1.36. The van der Waals surface area contributed by atoms with E-state index in [0.29, 0.717) is 24.2 Å². The summed E-state index contributed by atoms with van der Waals surface area (Å²) in [6, 6.07) is 5.54. The van der Waals surface area contributed by atoms with Crippen molar-refractivity contribution >= 4 is 17.5 Å². The molecule has 2 rings (SSSR count). The van der Waals surface area contributed by atoms with Gasteiger partial charge in [0.25, 0.3) is 5.91 Å². The van der Waals surface area contributed by atoms with Crippen LogP contribution in [-0.2, 0) is 4.79 Å². The van der Waals surface area contributed by atoms with Gasteiger partial charge in [-0.05, 0) is 25.5 Å². The van der Waals surface area contributed by atoms with Crippen molar-refractivity contribution < 1.29 is 14.7 Å². The topological polar surface area (TPSA) is 60.9 Å². The fourth-order valence-corrected chi connectivity index (χ4v) is 2.42. The Balaban J connectivity index is 2.38. The van der Waals surface area contributed by atoms with Crippen molar-refractivity contribution in [1.82, 2.24) is 4.90 Å². The van der Waals surface area contributed by atoms with Crippen LogP contribution in [0.25, 0.3) is 0 Å². The average Bonchev–Trinajstić information content (AvgIpc) is 2.84. The Hall–Kier alpha value is -1.88. The molecule has 0 atom stereocenters. The molecule has 1 fully saturated rings. The number of hydrogen-bond donors (Lipinski definition) is 1. The lowest BCUT2D eigenvalue weighted by Crippen LogP contribution is -2.32. The molecular formula is C15H20N2O3. The van der Waals surface area contributed by atoms with E-state index in [-0.39, 0.29) is 25.0 Å². The van der Waals surface area contributed by atoms with Crippen LogP contribution in [0.15, 0.2) is 18.2 Å². The fourth-order valence-electron chi connectivity index (χ4n) is 2.42. The lowest BCUT2D eigenvalue weighted by atomic mass is 10.1. The van der Waals surface area contributed by atoms with Gasteiger partial charge in [-0.25, -0.2) is 0 Å². The molecule has 1 aliphatic heterocycles. The van der Waals surface area contributed by atoms with E-state index in [2.05, 4.69) is 0 Å². The first-order valence-electron chi connectivity index (χ1n) is 6.82. The van der Waals surface area contributed by atoms with Crippen LogP contribution < -0.4 is 4.90 Å². The number of nitrogens with zero attached hydrogens (tertiary/aromatic N) is 2. The van der Waals surface area contributed by atoms with Gasteiger partial charge in [-0.3, -0.25) is 9.59 Å². The van der Waals surface area contributed by atoms with Crippen molar-refractivity contribution in [2.24, 2.45) is 0 Å². The van der Waals surface area contributed by atoms with Crippen LogP contribution >= 0.6 is 0 Å². The van der Waals surface area contributed by atoms with Crippen LogP contribution in [0.3, 0.4) is 0 Å². The Labute approximate surface area is 118 Å². The molecule has 1 N–H and O–H groups in total. The SMILES string of the molecule is Cc1ccc(N2CCCC2=O)c(C(=O)N(C)CCO)c1. The second-order valence-electron chi connectivity index (χ2n) is 5.12. The zero-order valence-corrected chi connectivity index (χ0v) is 11.9. The zero-order chi connectivity index (χ0) is 14.7. The summed E-state index contributed by atoms with van der Waals surface area (Å²) in [4.78, 5) is 27.5. The van der Waals surface area contributed by atoms with E-state index in [1.165, 1.54) is 4.90 Å². The summed E-state index contributed by atoms with van der Waals surface area (Å²) in [6.45, 7) is 2.77. The van der Waals surface area contributed by atoms with Crippen molar-refractivity contribution in [3.8, 4) is 0 Å². The molecule has 108 valence electrons. The van der Waals surface area contributed by atoms with E-state index in [4.69, 9.17) is 5.11 Å². The number of hydrogen-bond acceptors (Lipinski definition) is 3. The Morgan fingerprint density at radius 2 is 2.20 bits per heavy atom. The highest BCUT2D eigenvalue weighted by Gasteiger charge is 2.26. The second kappa shape index (κ2) is 6.05. The van der Waals surface area contributed by atoms with Crippen LogP contribution in [0.5, 0.6) is 0 Å². The van der Waals surface area contributed by atoms with Gasteiger partial charge < -0.3 is 14.9 Å². The van der Waals surface area contributed by atoms with E-state index in [1.807, 2.05) is 19.1 Å². The number of aliphatic hydroxyl groups is 1. The molecule has 0 aromatic heterocycles. The van der Waals surface area contributed by atoms with Gasteiger partial charge in [-0.2, -0.15) is 0 Å². The highest BCUT2D eigenvalue weighted by molar-refractivity contribution is 6.05. The summed E-state index contributed by atoms with van der Waals surface area (Å²) >= 11 is 0. The number of carbonyl (C=O) groups excluding carboxylic acids is 2. The van der Waals surface area contributed by atoms with E-state index in [9.17, 15) is 9.59 Å². The first kappa shape index (κ1) is 14.5. The molecule has 0 aliphatic carbocycles. The smallest absolute Gasteiger partial charge is 0.255 e. The standard InChI is InChI=1S/C15H20N2O3/c1-11-5-6-13(17-7-3-4-14(17)19)12(10-11)15(20)16(2)8-9-18/h5-6,10,18H,3-4,7-9H2,1-2H3. The van der Waals surface area contributed by atoms with Crippen molar-refractivity contribution in [1.29, 1.82) is 0 Å². The number of carbonyl (C=O) groups is 2. The van der Waals surface area contributed by atoms with Gasteiger partial charge in [0, 0.05) is 26.6 Å². The summed E-state index contributed by atoms with van der Waals surface area (Å²) in [7, 11) is 1.65. The summed E-state index contributed by atoms with van der Waals surface area (Å²) in [5, 5.41) is 8.95. The Kier molecular flexibility index (Phi) is 4.39. The zero-order valence-electron chi connectivity index (χ0n) is 11.9. The van der Waals surface area contributed by atoms with E-state index < -0.39 is 0 Å². The number of aliphatic hydroxyl groups excluding tert-OH is 1. The van der Waals surface area contributed by atoms with Crippen molar-refractivity contribution in [2.75, 3.05) is 31.6 Å². The van der Waals surface area contributed by atoms with Gasteiger partial charge in [-0.1, -0.05) is 11.6 Å². The molecule has 0 unspecified atom stereocenters. The van der Waals surface area contributed by atoms with Crippen LogP contribution in [-0.4, -0.2) is 48.6 Å². The monoisotopic (exact) mass is 276 g/mol. The van der Waals surface area contributed by atoms with Gasteiger partial charge in [0.1, 0.15) is 0 Å². The average molecular weight is 276 g/mol. The minimum atomic E-state index is -0.169. The number of aryl methyl sites for hydroxylation is 1. The van der Waals surface area contributed by atoms with Gasteiger partial charge in [0.15, 0.2) is 0 Å². The number of anilines is 1. The molecular weight excluding hydrogens is 256 g/mol. The predicted octanol–water partition coefficient (Wildman–Crippen LogP) is 1.19. The van der Waals surface area contributed by atoms with Gasteiger partial charge in [0.2, 0.25) is 5.91 Å². The lowest BCUT2D eigenvalue weighted by Gasteiger charge is -2.23. The van der Waals surface area contributed by atoms with Crippen molar-refractivity contribution in [3.05, 3.63) is 29.3 Å². The number of likely N-dealkylation sites (N-methyl/N-ethyl adjacent to an activating group) is 1. The fraction of sp³-hybridized carbons (Fsp3) is 0.467. The quantitative estimate of drug-likeness (QED) is 0.898. The third kappa shape index (κ3) is 2.82. The molecule has 1 aromatic rings. The van der Waals surface area contributed by atoms with Crippen LogP contribution in [0, 0.1) is 6.92 Å². The minimum Gasteiger partial charge on any atom is -0.395 e. The third-order valence-electron chi connectivity index (χ3n) is 3.53. The van der Waals surface area contributed by atoms with Crippen LogP contribution in [0.1, 0.15) is 28.8 Å². The number of benzene rings is 1. The van der Waals surface area contributed by atoms with Gasteiger partial charge >= 0.3 is 0 Å². The molecule has 5 nitrogen and oxygen atoms in total. The molecule has 20 heavy (non-hydrogen) atoms. The maximum Gasteiger partial charge on any atom is 0.255 e. The van der Waals surface area contributed by atoms with E-state index in [0.717, 1.165) is 12.0 Å². The Morgan fingerprint density at radius 3 is 2.80 bits per heavy atom. The molecule has 1 aromatic carbocycles. The third-order valence-corrected chi connectivity index (χ3v) is 3.53. The molecule has 0 spiro atoms. The maximum absolute atomic E-state index is 12.4. The van der Waals surface area contributed by atoms with E-state index in [1.54, 1.807) is 18.0 Å². The summed E-state index contributed by atoms with van der Waals surface area (Å²) in [5.74, 6) is -0.106. The Morgan fingerprint density at radius 1 is 1.45 bits per heavy atom. The molecule has 5 heteroatoms. The van der Waals surface area contributed by atoms with Crippen LogP contribution in [0.2, 0.25) is 0 Å².